The van der Waals surface area contributed by atoms with Gasteiger partial charge in [0.1, 0.15) is 12.9 Å². The molecule has 0 fully saturated rings. The van der Waals surface area contributed by atoms with Crippen molar-refractivity contribution < 1.29 is 14.3 Å². The molecule has 4 heteroatoms. The van der Waals surface area contributed by atoms with Crippen LogP contribution >= 0.6 is 0 Å². The lowest BCUT2D eigenvalue weighted by Gasteiger charge is -2.14. The van der Waals surface area contributed by atoms with Gasteiger partial charge < -0.3 is 14.4 Å². The molecule has 1 aromatic carbocycles. The number of carbonyl (C=O) groups excluding carboxylic acids is 1. The Balaban J connectivity index is 2.71. The third-order valence-electron chi connectivity index (χ3n) is 2.20. The second-order valence-electron chi connectivity index (χ2n) is 3.91. The summed E-state index contributed by atoms with van der Waals surface area (Å²) in [5.41, 5.74) is 0.591. The van der Waals surface area contributed by atoms with E-state index in [4.69, 9.17) is 9.47 Å². The van der Waals surface area contributed by atoms with Crippen LogP contribution in [0.4, 0.5) is 0 Å². The van der Waals surface area contributed by atoms with E-state index in [1.54, 1.807) is 18.2 Å². The Morgan fingerprint density at radius 3 is 2.59 bits per heavy atom. The highest BCUT2D eigenvalue weighted by Crippen LogP contribution is 2.27. The van der Waals surface area contributed by atoms with Crippen molar-refractivity contribution in [3.8, 4) is 11.5 Å². The maximum Gasteiger partial charge on any atom is 0.161 e. The zero-order valence-corrected chi connectivity index (χ0v) is 10.6. The van der Waals surface area contributed by atoms with Gasteiger partial charge in [-0.3, -0.25) is 4.79 Å². The molecule has 94 valence electrons. The van der Waals surface area contributed by atoms with Crippen LogP contribution in [0.15, 0.2) is 18.2 Å². The Kier molecular flexibility index (Phi) is 5.49. The molecule has 0 spiro atoms. The average Bonchev–Trinajstić information content (AvgIpc) is 2.31. The number of likely N-dealkylation sites (N-methyl/N-ethyl adjacent to an activating group) is 1. The summed E-state index contributed by atoms with van der Waals surface area (Å²) >= 11 is 0. The van der Waals surface area contributed by atoms with E-state index in [9.17, 15) is 4.79 Å². The SMILES string of the molecule is CCOc1cc(C=O)ccc1OCCN(C)C. The van der Waals surface area contributed by atoms with E-state index >= 15 is 0 Å². The Morgan fingerprint density at radius 1 is 1.24 bits per heavy atom. The van der Waals surface area contributed by atoms with E-state index in [2.05, 4.69) is 0 Å². The molecule has 1 aromatic rings. The molecule has 0 heterocycles. The summed E-state index contributed by atoms with van der Waals surface area (Å²) in [7, 11) is 3.98. The number of nitrogens with zero attached hydrogens (tertiary/aromatic N) is 1. The molecular formula is C13H19NO3. The molecule has 4 nitrogen and oxygen atoms in total. The van der Waals surface area contributed by atoms with Gasteiger partial charge in [0.25, 0.3) is 0 Å². The van der Waals surface area contributed by atoms with Crippen LogP contribution in [0.25, 0.3) is 0 Å². The van der Waals surface area contributed by atoms with E-state index in [-0.39, 0.29) is 0 Å². The second kappa shape index (κ2) is 6.91. The van der Waals surface area contributed by atoms with Gasteiger partial charge in [-0.25, -0.2) is 0 Å². The molecule has 0 atom stereocenters. The van der Waals surface area contributed by atoms with Gasteiger partial charge in [0.05, 0.1) is 6.61 Å². The maximum atomic E-state index is 10.7. The predicted octanol–water partition coefficient (Wildman–Crippen LogP) is 1.84. The van der Waals surface area contributed by atoms with Crippen LogP contribution in [0.5, 0.6) is 11.5 Å². The normalized spacial score (nSPS) is 10.4. The van der Waals surface area contributed by atoms with Gasteiger partial charge in [0, 0.05) is 12.1 Å². The van der Waals surface area contributed by atoms with Gasteiger partial charge in [-0.2, -0.15) is 0 Å². The minimum Gasteiger partial charge on any atom is -0.490 e. The molecule has 0 saturated carbocycles. The van der Waals surface area contributed by atoms with Gasteiger partial charge in [-0.15, -0.1) is 0 Å². The molecule has 0 aliphatic carbocycles. The number of aldehydes is 1. The van der Waals surface area contributed by atoms with Gasteiger partial charge in [0.2, 0.25) is 0 Å². The number of hydrogen-bond acceptors (Lipinski definition) is 4. The molecule has 0 saturated heterocycles. The Labute approximate surface area is 102 Å². The lowest BCUT2D eigenvalue weighted by molar-refractivity contribution is 0.112. The smallest absolute Gasteiger partial charge is 0.161 e. The Morgan fingerprint density at radius 2 is 2.00 bits per heavy atom. The number of rotatable bonds is 7. The summed E-state index contributed by atoms with van der Waals surface area (Å²) in [6, 6.07) is 5.19. The highest BCUT2D eigenvalue weighted by atomic mass is 16.5. The van der Waals surface area contributed by atoms with Crippen LogP contribution in [0.2, 0.25) is 0 Å². The molecule has 0 aliphatic heterocycles. The molecule has 0 aliphatic rings. The van der Waals surface area contributed by atoms with Crippen molar-refractivity contribution in [1.82, 2.24) is 4.90 Å². The summed E-state index contributed by atoms with van der Waals surface area (Å²) < 4.78 is 11.1. The summed E-state index contributed by atoms with van der Waals surface area (Å²) in [6.45, 7) is 3.87. The van der Waals surface area contributed by atoms with E-state index < -0.39 is 0 Å². The van der Waals surface area contributed by atoms with Crippen LogP contribution in [-0.4, -0.2) is 45.0 Å². The predicted molar refractivity (Wildman–Crippen MR) is 67.0 cm³/mol. The standard InChI is InChI=1S/C13H19NO3/c1-4-16-13-9-11(10-15)5-6-12(13)17-8-7-14(2)3/h5-6,9-10H,4,7-8H2,1-3H3. The van der Waals surface area contributed by atoms with Crippen molar-refractivity contribution in [3.63, 3.8) is 0 Å². The van der Waals surface area contributed by atoms with Crippen LogP contribution in [0.1, 0.15) is 17.3 Å². The van der Waals surface area contributed by atoms with Crippen molar-refractivity contribution in [3.05, 3.63) is 23.8 Å². The number of ether oxygens (including phenoxy) is 2. The molecule has 17 heavy (non-hydrogen) atoms. The Hall–Kier alpha value is -1.55. The summed E-state index contributed by atoms with van der Waals surface area (Å²) in [4.78, 5) is 12.7. The van der Waals surface area contributed by atoms with E-state index in [1.807, 2.05) is 25.9 Å². The van der Waals surface area contributed by atoms with Crippen molar-refractivity contribution in [2.75, 3.05) is 33.9 Å². The number of carbonyl (C=O) groups is 1. The second-order valence-corrected chi connectivity index (χ2v) is 3.91. The molecule has 1 rings (SSSR count). The van der Waals surface area contributed by atoms with Gasteiger partial charge in [-0.05, 0) is 39.2 Å². The molecule has 0 radical (unpaired) electrons. The third kappa shape index (κ3) is 4.44. The van der Waals surface area contributed by atoms with Gasteiger partial charge in [0.15, 0.2) is 11.5 Å². The van der Waals surface area contributed by atoms with Crippen LogP contribution in [0, 0.1) is 0 Å². The first kappa shape index (κ1) is 13.5. The number of benzene rings is 1. The zero-order valence-electron chi connectivity index (χ0n) is 10.6. The lowest BCUT2D eigenvalue weighted by Crippen LogP contribution is -2.19. The fourth-order valence-electron chi connectivity index (χ4n) is 1.32. The molecule has 0 N–H and O–H groups in total. The third-order valence-corrected chi connectivity index (χ3v) is 2.20. The minimum atomic E-state index is 0.548. The van der Waals surface area contributed by atoms with E-state index in [1.165, 1.54) is 0 Å². The van der Waals surface area contributed by atoms with Gasteiger partial charge >= 0.3 is 0 Å². The first-order valence-electron chi connectivity index (χ1n) is 5.67. The molecule has 0 bridgehead atoms. The lowest BCUT2D eigenvalue weighted by atomic mass is 10.2. The Bertz CT molecular complexity index is 364. The van der Waals surface area contributed by atoms with Crippen molar-refractivity contribution in [2.24, 2.45) is 0 Å². The summed E-state index contributed by atoms with van der Waals surface area (Å²) in [6.07, 6.45) is 0.798. The molecular weight excluding hydrogens is 218 g/mol. The largest absolute Gasteiger partial charge is 0.490 e. The molecule has 0 aromatic heterocycles. The summed E-state index contributed by atoms with van der Waals surface area (Å²) in [5, 5.41) is 0. The quantitative estimate of drug-likeness (QED) is 0.678. The first-order chi connectivity index (χ1) is 8.17. The van der Waals surface area contributed by atoms with Crippen molar-refractivity contribution >= 4 is 6.29 Å². The van der Waals surface area contributed by atoms with Crippen molar-refractivity contribution in [1.29, 1.82) is 0 Å². The van der Waals surface area contributed by atoms with Crippen LogP contribution in [0.3, 0.4) is 0 Å². The highest BCUT2D eigenvalue weighted by molar-refractivity contribution is 5.76. The molecule has 0 amide bonds. The van der Waals surface area contributed by atoms with Crippen molar-refractivity contribution in [2.45, 2.75) is 6.92 Å². The summed E-state index contributed by atoms with van der Waals surface area (Å²) in [5.74, 6) is 1.30. The average molecular weight is 237 g/mol. The maximum absolute atomic E-state index is 10.7. The monoisotopic (exact) mass is 237 g/mol. The minimum absolute atomic E-state index is 0.548. The fourth-order valence-corrected chi connectivity index (χ4v) is 1.32. The van der Waals surface area contributed by atoms with E-state index in [0.29, 0.717) is 30.3 Å². The first-order valence-corrected chi connectivity index (χ1v) is 5.67. The topological polar surface area (TPSA) is 38.8 Å². The molecule has 0 unspecified atom stereocenters. The van der Waals surface area contributed by atoms with Crippen LogP contribution in [-0.2, 0) is 0 Å². The highest BCUT2D eigenvalue weighted by Gasteiger charge is 2.06. The van der Waals surface area contributed by atoms with Gasteiger partial charge in [-0.1, -0.05) is 0 Å². The number of hydrogen-bond donors (Lipinski definition) is 0. The van der Waals surface area contributed by atoms with Crippen LogP contribution < -0.4 is 9.47 Å². The fraction of sp³-hybridized carbons (Fsp3) is 0.462. The zero-order chi connectivity index (χ0) is 12.7. The van der Waals surface area contributed by atoms with E-state index in [0.717, 1.165) is 12.8 Å².